The third-order valence-electron chi connectivity index (χ3n) is 3.91. The van der Waals surface area contributed by atoms with Crippen LogP contribution in [0.4, 0.5) is 0 Å². The highest BCUT2D eigenvalue weighted by atomic mass is 16.6. The van der Waals surface area contributed by atoms with Gasteiger partial charge in [-0.25, -0.2) is 4.79 Å². The fourth-order valence-corrected chi connectivity index (χ4v) is 2.69. The maximum atomic E-state index is 12.3. The molecule has 1 amide bonds. The van der Waals surface area contributed by atoms with Crippen molar-refractivity contribution in [3.05, 3.63) is 0 Å². The zero-order valence-corrected chi connectivity index (χ0v) is 11.2. The van der Waals surface area contributed by atoms with Gasteiger partial charge in [0, 0.05) is 19.5 Å². The first-order chi connectivity index (χ1) is 9.09. The van der Waals surface area contributed by atoms with E-state index in [9.17, 15) is 9.59 Å². The van der Waals surface area contributed by atoms with Crippen LogP contribution >= 0.6 is 0 Å². The molecule has 1 unspecified atom stereocenters. The number of amides is 1. The summed E-state index contributed by atoms with van der Waals surface area (Å²) in [4.78, 5) is 29.7. The second-order valence-corrected chi connectivity index (χ2v) is 5.24. The summed E-state index contributed by atoms with van der Waals surface area (Å²) in [7, 11) is 1.78. The number of hydrogen-bond donors (Lipinski definition) is 1. The van der Waals surface area contributed by atoms with E-state index >= 15 is 0 Å². The fourth-order valence-electron chi connectivity index (χ4n) is 2.69. The molecule has 1 atom stereocenters. The van der Waals surface area contributed by atoms with Gasteiger partial charge in [0.2, 0.25) is 6.10 Å². The van der Waals surface area contributed by atoms with Crippen molar-refractivity contribution < 1.29 is 19.5 Å². The Morgan fingerprint density at radius 1 is 1.26 bits per heavy atom. The summed E-state index contributed by atoms with van der Waals surface area (Å²) < 4.78 is 0. The number of rotatable bonds is 3. The molecule has 0 aromatic carbocycles. The lowest BCUT2D eigenvalue weighted by molar-refractivity contribution is -0.143. The molecule has 2 rings (SSSR count). The van der Waals surface area contributed by atoms with Crippen LogP contribution in [-0.4, -0.2) is 46.8 Å². The van der Waals surface area contributed by atoms with Gasteiger partial charge >= 0.3 is 5.97 Å². The predicted molar refractivity (Wildman–Crippen MR) is 68.8 cm³/mol. The number of likely N-dealkylation sites (N-methyl/N-ethyl adjacent to an activating group) is 1. The number of nitrogens with zero attached hydrogens (tertiary/aromatic N) is 2. The van der Waals surface area contributed by atoms with Crippen LogP contribution in [-0.2, 0) is 14.4 Å². The average Bonchev–Trinajstić information content (AvgIpc) is 2.73. The van der Waals surface area contributed by atoms with Crippen molar-refractivity contribution >= 4 is 17.6 Å². The topological polar surface area (TPSA) is 79.2 Å². The predicted octanol–water partition coefficient (Wildman–Crippen LogP) is 1.40. The average molecular weight is 268 g/mol. The Labute approximate surface area is 112 Å². The zero-order valence-electron chi connectivity index (χ0n) is 11.2. The number of carboxylic acids is 1. The molecule has 0 radical (unpaired) electrons. The molecule has 6 heteroatoms. The quantitative estimate of drug-likeness (QED) is 0.785. The van der Waals surface area contributed by atoms with E-state index in [1.54, 1.807) is 11.9 Å². The molecule has 1 aliphatic heterocycles. The summed E-state index contributed by atoms with van der Waals surface area (Å²) in [6.07, 6.45) is 6.07. The first-order valence-corrected chi connectivity index (χ1v) is 6.82. The zero-order chi connectivity index (χ0) is 13.8. The Balaban J connectivity index is 1.91. The van der Waals surface area contributed by atoms with Gasteiger partial charge in [0.1, 0.15) is 0 Å². The first kappa shape index (κ1) is 13.8. The number of oxime groups is 1. The molecule has 0 saturated heterocycles. The van der Waals surface area contributed by atoms with Gasteiger partial charge in [-0.3, -0.25) is 4.79 Å². The minimum Gasteiger partial charge on any atom is -0.477 e. The van der Waals surface area contributed by atoms with E-state index in [1.165, 1.54) is 12.8 Å². The molecule has 6 nitrogen and oxygen atoms in total. The van der Waals surface area contributed by atoms with Crippen molar-refractivity contribution in [3.8, 4) is 0 Å². The molecule has 19 heavy (non-hydrogen) atoms. The summed E-state index contributed by atoms with van der Waals surface area (Å²) in [6, 6.07) is 0.243. The van der Waals surface area contributed by atoms with Gasteiger partial charge < -0.3 is 14.8 Å². The van der Waals surface area contributed by atoms with Crippen LogP contribution in [0.3, 0.4) is 0 Å². The Morgan fingerprint density at radius 3 is 2.42 bits per heavy atom. The van der Waals surface area contributed by atoms with Crippen LogP contribution in [0.15, 0.2) is 5.16 Å². The first-order valence-electron chi connectivity index (χ1n) is 6.82. The minimum atomic E-state index is -1.12. The van der Waals surface area contributed by atoms with Gasteiger partial charge in [-0.2, -0.15) is 0 Å². The van der Waals surface area contributed by atoms with E-state index in [0.717, 1.165) is 25.7 Å². The standard InChI is InChI=1S/C13H20N2O4/c1-15(9-6-4-2-3-5-7-9)12(16)11-8-10(13(17)18)14-19-11/h9,11H,2-8H2,1H3,(H,17,18). The molecule has 1 N–H and O–H groups in total. The highest BCUT2D eigenvalue weighted by Crippen LogP contribution is 2.23. The van der Waals surface area contributed by atoms with Crippen molar-refractivity contribution in [1.82, 2.24) is 4.90 Å². The van der Waals surface area contributed by atoms with Crippen LogP contribution in [0, 0.1) is 0 Å². The van der Waals surface area contributed by atoms with Crippen LogP contribution in [0.1, 0.15) is 44.9 Å². The van der Waals surface area contributed by atoms with Crippen LogP contribution < -0.4 is 0 Å². The van der Waals surface area contributed by atoms with E-state index in [4.69, 9.17) is 9.94 Å². The maximum absolute atomic E-state index is 12.3. The fraction of sp³-hybridized carbons (Fsp3) is 0.769. The molecule has 0 aromatic rings. The van der Waals surface area contributed by atoms with Crippen LogP contribution in [0.25, 0.3) is 0 Å². The van der Waals surface area contributed by atoms with Crippen molar-refractivity contribution in [2.75, 3.05) is 7.05 Å². The molecule has 0 spiro atoms. The van der Waals surface area contributed by atoms with Crippen LogP contribution in [0.5, 0.6) is 0 Å². The number of carboxylic acid groups (broad SMARTS) is 1. The van der Waals surface area contributed by atoms with Crippen molar-refractivity contribution in [2.45, 2.75) is 57.1 Å². The second kappa shape index (κ2) is 6.04. The molecule has 0 bridgehead atoms. The van der Waals surface area contributed by atoms with E-state index in [-0.39, 0.29) is 24.1 Å². The molecule has 1 fully saturated rings. The monoisotopic (exact) mass is 268 g/mol. The number of aliphatic carboxylic acids is 1. The normalized spacial score (nSPS) is 24.3. The maximum Gasteiger partial charge on any atom is 0.353 e. The van der Waals surface area contributed by atoms with Crippen molar-refractivity contribution in [3.63, 3.8) is 0 Å². The van der Waals surface area contributed by atoms with E-state index in [1.807, 2.05) is 0 Å². The molecule has 1 saturated carbocycles. The molecular formula is C13H20N2O4. The molecule has 1 aliphatic carbocycles. The Kier molecular flexibility index (Phi) is 4.39. The van der Waals surface area contributed by atoms with Gasteiger partial charge in [0.15, 0.2) is 5.71 Å². The third-order valence-corrected chi connectivity index (χ3v) is 3.91. The smallest absolute Gasteiger partial charge is 0.353 e. The van der Waals surface area contributed by atoms with Gasteiger partial charge in [-0.05, 0) is 12.8 Å². The largest absolute Gasteiger partial charge is 0.477 e. The van der Waals surface area contributed by atoms with E-state index in [0.29, 0.717) is 0 Å². The number of carbonyl (C=O) groups is 2. The lowest BCUT2D eigenvalue weighted by atomic mass is 10.1. The molecular weight excluding hydrogens is 248 g/mol. The van der Waals surface area contributed by atoms with E-state index < -0.39 is 12.1 Å². The van der Waals surface area contributed by atoms with Crippen molar-refractivity contribution in [1.29, 1.82) is 0 Å². The lowest BCUT2D eigenvalue weighted by Crippen LogP contribution is -2.43. The summed E-state index contributed by atoms with van der Waals surface area (Å²) in [5, 5.41) is 12.3. The van der Waals surface area contributed by atoms with Crippen LogP contribution in [0.2, 0.25) is 0 Å². The number of carbonyl (C=O) groups excluding carboxylic acids is 1. The van der Waals surface area contributed by atoms with Gasteiger partial charge in [0.25, 0.3) is 5.91 Å². The van der Waals surface area contributed by atoms with E-state index in [2.05, 4.69) is 5.16 Å². The molecule has 106 valence electrons. The summed E-state index contributed by atoms with van der Waals surface area (Å²) in [5.41, 5.74) is -0.0763. The van der Waals surface area contributed by atoms with Crippen molar-refractivity contribution in [2.24, 2.45) is 5.16 Å². The Bertz CT molecular complexity index is 386. The third kappa shape index (κ3) is 3.24. The highest BCUT2D eigenvalue weighted by Gasteiger charge is 2.35. The summed E-state index contributed by atoms with van der Waals surface area (Å²) in [6.45, 7) is 0. The Hall–Kier alpha value is -1.59. The molecule has 0 aromatic heterocycles. The minimum absolute atomic E-state index is 0.0607. The highest BCUT2D eigenvalue weighted by molar-refractivity contribution is 6.36. The van der Waals surface area contributed by atoms with Gasteiger partial charge in [0.05, 0.1) is 0 Å². The lowest BCUT2D eigenvalue weighted by Gasteiger charge is -2.28. The van der Waals surface area contributed by atoms with Gasteiger partial charge in [-0.15, -0.1) is 0 Å². The summed E-state index contributed by atoms with van der Waals surface area (Å²) >= 11 is 0. The number of hydrogen-bond acceptors (Lipinski definition) is 4. The molecule has 2 aliphatic rings. The second-order valence-electron chi connectivity index (χ2n) is 5.24. The molecule has 1 heterocycles. The Morgan fingerprint density at radius 2 is 1.89 bits per heavy atom. The summed E-state index contributed by atoms with van der Waals surface area (Å²) in [5.74, 6) is -1.28. The SMILES string of the molecule is CN(C(=O)C1CC(C(=O)O)=NO1)C1CCCCCC1. The van der Waals surface area contributed by atoms with Gasteiger partial charge in [-0.1, -0.05) is 30.8 Å².